The average Bonchev–Trinajstić information content (AvgIpc) is 2.55. The van der Waals surface area contributed by atoms with Crippen LogP contribution in [0.3, 0.4) is 0 Å². The highest BCUT2D eigenvalue weighted by atomic mass is 32.2. The summed E-state index contributed by atoms with van der Waals surface area (Å²) in [4.78, 5) is 0.196. The summed E-state index contributed by atoms with van der Waals surface area (Å²) < 4.78 is 37.1. The standard InChI is InChI=1S/C16H19NO4S/c1-20-14-8-6-13(7-9-14)10-11-17-22(18,19)16-5-3-4-15(12-16)21-2/h3-9,12,17H,10-11H2,1-2H3. The molecule has 0 bridgehead atoms. The fraction of sp³-hybridized carbons (Fsp3) is 0.250. The molecule has 0 saturated carbocycles. The summed E-state index contributed by atoms with van der Waals surface area (Å²) in [6.45, 7) is 0.325. The van der Waals surface area contributed by atoms with Crippen LogP contribution in [-0.4, -0.2) is 29.2 Å². The Kier molecular flexibility index (Phi) is 5.41. The van der Waals surface area contributed by atoms with Crippen molar-refractivity contribution in [2.24, 2.45) is 0 Å². The van der Waals surface area contributed by atoms with Crippen LogP contribution >= 0.6 is 0 Å². The second kappa shape index (κ2) is 7.29. The Morgan fingerprint density at radius 2 is 1.64 bits per heavy atom. The van der Waals surface area contributed by atoms with Gasteiger partial charge in [0.05, 0.1) is 19.1 Å². The van der Waals surface area contributed by atoms with Gasteiger partial charge in [0.25, 0.3) is 0 Å². The summed E-state index contributed by atoms with van der Waals surface area (Å²) in [6, 6.07) is 13.9. The largest absolute Gasteiger partial charge is 0.497 e. The third kappa shape index (κ3) is 4.22. The van der Waals surface area contributed by atoms with Crippen LogP contribution in [0.2, 0.25) is 0 Å². The molecule has 0 heterocycles. The molecule has 2 aromatic carbocycles. The van der Waals surface area contributed by atoms with Gasteiger partial charge in [-0.3, -0.25) is 0 Å². The van der Waals surface area contributed by atoms with Crippen LogP contribution < -0.4 is 14.2 Å². The van der Waals surface area contributed by atoms with Gasteiger partial charge in [-0.2, -0.15) is 0 Å². The Balaban J connectivity index is 1.97. The molecule has 1 N–H and O–H groups in total. The number of rotatable bonds is 7. The number of sulfonamides is 1. The van der Waals surface area contributed by atoms with E-state index in [1.54, 1.807) is 19.2 Å². The molecule has 0 radical (unpaired) electrons. The molecule has 0 spiro atoms. The smallest absolute Gasteiger partial charge is 0.240 e. The van der Waals surface area contributed by atoms with Crippen LogP contribution in [-0.2, 0) is 16.4 Å². The lowest BCUT2D eigenvalue weighted by molar-refractivity contribution is 0.413. The van der Waals surface area contributed by atoms with Crippen LogP contribution in [0.15, 0.2) is 53.4 Å². The van der Waals surface area contributed by atoms with E-state index in [4.69, 9.17) is 9.47 Å². The summed E-state index contributed by atoms with van der Waals surface area (Å²) in [6.07, 6.45) is 0.604. The van der Waals surface area contributed by atoms with Crippen LogP contribution in [0.4, 0.5) is 0 Å². The zero-order chi connectivity index (χ0) is 16.0. The van der Waals surface area contributed by atoms with E-state index in [1.165, 1.54) is 19.2 Å². The zero-order valence-corrected chi connectivity index (χ0v) is 13.4. The number of nitrogens with one attached hydrogen (secondary N) is 1. The minimum Gasteiger partial charge on any atom is -0.497 e. The molecular formula is C16H19NO4S. The molecule has 2 aromatic rings. The summed E-state index contributed by atoms with van der Waals surface area (Å²) in [5.74, 6) is 1.29. The fourth-order valence-corrected chi connectivity index (χ4v) is 3.04. The van der Waals surface area contributed by atoms with Crippen LogP contribution in [0.1, 0.15) is 5.56 Å². The molecule has 0 amide bonds. The first-order valence-corrected chi connectivity index (χ1v) is 8.30. The number of benzene rings is 2. The number of hydrogen-bond acceptors (Lipinski definition) is 4. The number of ether oxygens (including phenoxy) is 2. The summed E-state index contributed by atoms with van der Waals surface area (Å²) in [7, 11) is -0.419. The Morgan fingerprint density at radius 3 is 2.27 bits per heavy atom. The van der Waals surface area contributed by atoms with Gasteiger partial charge in [0, 0.05) is 12.6 Å². The maximum Gasteiger partial charge on any atom is 0.240 e. The molecule has 0 aromatic heterocycles. The second-order valence-electron chi connectivity index (χ2n) is 4.67. The lowest BCUT2D eigenvalue weighted by Crippen LogP contribution is -2.26. The van der Waals surface area contributed by atoms with Crippen molar-refractivity contribution in [1.29, 1.82) is 0 Å². The van der Waals surface area contributed by atoms with Crippen molar-refractivity contribution in [3.05, 3.63) is 54.1 Å². The molecule has 0 aliphatic carbocycles. The van der Waals surface area contributed by atoms with Gasteiger partial charge in [0.15, 0.2) is 0 Å². The highest BCUT2D eigenvalue weighted by Gasteiger charge is 2.13. The van der Waals surface area contributed by atoms with Crippen LogP contribution in [0.25, 0.3) is 0 Å². The predicted molar refractivity (Wildman–Crippen MR) is 84.9 cm³/mol. The maximum atomic E-state index is 12.2. The minimum absolute atomic E-state index is 0.196. The van der Waals surface area contributed by atoms with E-state index in [-0.39, 0.29) is 4.90 Å². The highest BCUT2D eigenvalue weighted by molar-refractivity contribution is 7.89. The molecule has 22 heavy (non-hydrogen) atoms. The minimum atomic E-state index is -3.53. The van der Waals surface area contributed by atoms with Crippen molar-refractivity contribution < 1.29 is 17.9 Å². The second-order valence-corrected chi connectivity index (χ2v) is 6.44. The molecular weight excluding hydrogens is 302 g/mol. The van der Waals surface area contributed by atoms with Crippen molar-refractivity contribution in [2.45, 2.75) is 11.3 Å². The predicted octanol–water partition coefficient (Wildman–Crippen LogP) is 2.22. The third-order valence-electron chi connectivity index (χ3n) is 3.22. The van der Waals surface area contributed by atoms with E-state index in [1.807, 2.05) is 24.3 Å². The van der Waals surface area contributed by atoms with Crippen molar-refractivity contribution in [2.75, 3.05) is 20.8 Å². The van der Waals surface area contributed by atoms with E-state index >= 15 is 0 Å². The van der Waals surface area contributed by atoms with Gasteiger partial charge in [-0.15, -0.1) is 0 Å². The zero-order valence-electron chi connectivity index (χ0n) is 12.6. The average molecular weight is 321 g/mol. The molecule has 0 unspecified atom stereocenters. The number of methoxy groups -OCH3 is 2. The van der Waals surface area contributed by atoms with Gasteiger partial charge in [-0.25, -0.2) is 13.1 Å². The van der Waals surface area contributed by atoms with E-state index in [2.05, 4.69) is 4.72 Å². The Labute approximate surface area is 130 Å². The first kappa shape index (κ1) is 16.3. The molecule has 0 aliphatic heterocycles. The first-order chi connectivity index (χ1) is 10.5. The van der Waals surface area contributed by atoms with E-state index in [0.29, 0.717) is 18.7 Å². The summed E-state index contributed by atoms with van der Waals surface area (Å²) in [5, 5.41) is 0. The van der Waals surface area contributed by atoms with Gasteiger partial charge in [0.2, 0.25) is 10.0 Å². The normalized spacial score (nSPS) is 11.2. The van der Waals surface area contributed by atoms with Crippen molar-refractivity contribution in [3.63, 3.8) is 0 Å². The first-order valence-electron chi connectivity index (χ1n) is 6.82. The molecule has 0 aliphatic rings. The molecule has 5 nitrogen and oxygen atoms in total. The van der Waals surface area contributed by atoms with Crippen molar-refractivity contribution in [1.82, 2.24) is 4.72 Å². The summed E-state index contributed by atoms with van der Waals surface area (Å²) >= 11 is 0. The highest BCUT2D eigenvalue weighted by Crippen LogP contribution is 2.17. The molecule has 6 heteroatoms. The van der Waals surface area contributed by atoms with Gasteiger partial charge < -0.3 is 9.47 Å². The lowest BCUT2D eigenvalue weighted by atomic mass is 10.1. The van der Waals surface area contributed by atoms with E-state index in [0.717, 1.165) is 11.3 Å². The number of hydrogen-bond donors (Lipinski definition) is 1. The summed E-state index contributed by atoms with van der Waals surface area (Å²) in [5.41, 5.74) is 1.04. The van der Waals surface area contributed by atoms with Crippen LogP contribution in [0.5, 0.6) is 11.5 Å². The van der Waals surface area contributed by atoms with Gasteiger partial charge in [0.1, 0.15) is 11.5 Å². The third-order valence-corrected chi connectivity index (χ3v) is 4.68. The molecule has 0 fully saturated rings. The Morgan fingerprint density at radius 1 is 0.955 bits per heavy atom. The quantitative estimate of drug-likeness (QED) is 0.849. The maximum absolute atomic E-state index is 12.2. The molecule has 0 saturated heterocycles. The van der Waals surface area contributed by atoms with Gasteiger partial charge in [-0.05, 0) is 36.2 Å². The van der Waals surface area contributed by atoms with Crippen LogP contribution in [0, 0.1) is 0 Å². The van der Waals surface area contributed by atoms with Gasteiger partial charge >= 0.3 is 0 Å². The Bertz CT molecular complexity index is 711. The fourth-order valence-electron chi connectivity index (χ4n) is 1.97. The molecule has 118 valence electrons. The lowest BCUT2D eigenvalue weighted by Gasteiger charge is -2.08. The molecule has 0 atom stereocenters. The van der Waals surface area contributed by atoms with Gasteiger partial charge in [-0.1, -0.05) is 18.2 Å². The van der Waals surface area contributed by atoms with E-state index < -0.39 is 10.0 Å². The Hall–Kier alpha value is -2.05. The van der Waals surface area contributed by atoms with Crippen molar-refractivity contribution in [3.8, 4) is 11.5 Å². The van der Waals surface area contributed by atoms with E-state index in [9.17, 15) is 8.42 Å². The molecule has 2 rings (SSSR count). The SMILES string of the molecule is COc1ccc(CCNS(=O)(=O)c2cccc(OC)c2)cc1. The topological polar surface area (TPSA) is 64.6 Å². The monoisotopic (exact) mass is 321 g/mol. The van der Waals surface area contributed by atoms with Crippen molar-refractivity contribution >= 4 is 10.0 Å².